The van der Waals surface area contributed by atoms with E-state index in [1.165, 1.54) is 11.8 Å². The summed E-state index contributed by atoms with van der Waals surface area (Å²) in [6, 6.07) is 8.89. The number of nitrogens with zero attached hydrogens (tertiary/aromatic N) is 5. The first kappa shape index (κ1) is 24.9. The van der Waals surface area contributed by atoms with Gasteiger partial charge < -0.3 is 5.32 Å². The number of alkyl halides is 3. The van der Waals surface area contributed by atoms with Gasteiger partial charge in [-0.2, -0.15) is 18.3 Å². The predicted molar refractivity (Wildman–Crippen MR) is 120 cm³/mol. The summed E-state index contributed by atoms with van der Waals surface area (Å²) >= 11 is 0. The largest absolute Gasteiger partial charge is 0.433 e. The average Bonchev–Trinajstić information content (AvgIpc) is 3.24. The Morgan fingerprint density at radius 1 is 1.12 bits per heavy atom. The van der Waals surface area contributed by atoms with E-state index in [2.05, 4.69) is 20.4 Å². The van der Waals surface area contributed by atoms with Crippen LogP contribution in [0.4, 0.5) is 19.0 Å². The summed E-state index contributed by atoms with van der Waals surface area (Å²) < 4.78 is 40.4. The van der Waals surface area contributed by atoms with Gasteiger partial charge in [0.2, 0.25) is 11.7 Å². The van der Waals surface area contributed by atoms with E-state index in [4.69, 9.17) is 0 Å². The second-order valence-electron chi connectivity index (χ2n) is 7.87. The van der Waals surface area contributed by atoms with E-state index in [9.17, 15) is 22.8 Å². The summed E-state index contributed by atoms with van der Waals surface area (Å²) in [5, 5.41) is 6.88. The van der Waals surface area contributed by atoms with Crippen LogP contribution in [0.5, 0.6) is 0 Å². The molecule has 2 amide bonds. The molecule has 1 unspecified atom stereocenters. The first-order valence-electron chi connectivity index (χ1n) is 10.7. The van der Waals surface area contributed by atoms with Crippen LogP contribution in [0.15, 0.2) is 48.8 Å². The van der Waals surface area contributed by atoms with Crippen molar-refractivity contribution in [2.24, 2.45) is 0 Å². The molecular formula is C23H25F3N6O2. The van der Waals surface area contributed by atoms with Crippen molar-refractivity contribution in [3.63, 3.8) is 0 Å². The molecule has 0 aliphatic heterocycles. The van der Waals surface area contributed by atoms with E-state index in [-0.39, 0.29) is 12.5 Å². The smallest absolute Gasteiger partial charge is 0.338 e. The lowest BCUT2D eigenvalue weighted by Gasteiger charge is -2.27. The van der Waals surface area contributed by atoms with E-state index >= 15 is 0 Å². The summed E-state index contributed by atoms with van der Waals surface area (Å²) in [6.45, 7) is 7.47. The molecule has 2 aromatic heterocycles. The molecule has 2 heterocycles. The number of nitrogens with one attached hydrogen (secondary N) is 1. The highest BCUT2D eigenvalue weighted by atomic mass is 19.4. The number of halogens is 3. The Morgan fingerprint density at radius 2 is 1.79 bits per heavy atom. The predicted octanol–water partition coefficient (Wildman–Crippen LogP) is 3.98. The van der Waals surface area contributed by atoms with Gasteiger partial charge in [0.15, 0.2) is 0 Å². The van der Waals surface area contributed by atoms with Crippen LogP contribution in [0.1, 0.15) is 55.5 Å². The maximum absolute atomic E-state index is 13.4. The highest BCUT2D eigenvalue weighted by Gasteiger charge is 2.34. The van der Waals surface area contributed by atoms with Gasteiger partial charge in [-0.15, -0.1) is 0 Å². The Labute approximate surface area is 194 Å². The number of carbonyl (C=O) groups is 2. The number of aromatic nitrogens is 4. The van der Waals surface area contributed by atoms with Crippen molar-refractivity contribution < 1.29 is 22.8 Å². The number of anilines is 1. The van der Waals surface area contributed by atoms with Gasteiger partial charge in [0.05, 0.1) is 11.9 Å². The van der Waals surface area contributed by atoms with Crippen molar-refractivity contribution in [2.45, 2.75) is 45.8 Å². The normalized spacial score (nSPS) is 12.5. The van der Waals surface area contributed by atoms with Gasteiger partial charge in [0.25, 0.3) is 5.91 Å². The highest BCUT2D eigenvalue weighted by Crippen LogP contribution is 2.30. The molecule has 1 aromatic carbocycles. The fourth-order valence-corrected chi connectivity index (χ4v) is 3.38. The standard InChI is InChI=1S/C23H25F3N6O2/c1-5-31(21-17(14(2)3)13-28-32(21)16-9-7-6-8-10-16)22(34)15(4)29-20(33)19-27-12-11-18(30-19)23(24,25)26/h6-15H,5H2,1-4H3,(H,29,33). The van der Waals surface area contributed by atoms with Gasteiger partial charge in [-0.3, -0.25) is 14.5 Å². The van der Waals surface area contributed by atoms with Crippen molar-refractivity contribution in [3.05, 3.63) is 65.9 Å². The van der Waals surface area contributed by atoms with Crippen molar-refractivity contribution in [3.8, 4) is 5.69 Å². The second-order valence-corrected chi connectivity index (χ2v) is 7.87. The topological polar surface area (TPSA) is 93.0 Å². The Hall–Kier alpha value is -3.76. The minimum absolute atomic E-state index is 0.0534. The third-order valence-electron chi connectivity index (χ3n) is 5.10. The van der Waals surface area contributed by atoms with Crippen LogP contribution in [0.3, 0.4) is 0 Å². The number of carbonyl (C=O) groups excluding carboxylic acids is 2. The lowest BCUT2D eigenvalue weighted by Crippen LogP contribution is -2.48. The Bertz CT molecular complexity index is 1160. The number of hydrogen-bond acceptors (Lipinski definition) is 5. The summed E-state index contributed by atoms with van der Waals surface area (Å²) in [6.07, 6.45) is -2.17. The molecule has 0 radical (unpaired) electrons. The van der Waals surface area contributed by atoms with E-state index in [0.717, 1.165) is 17.4 Å². The van der Waals surface area contributed by atoms with Gasteiger partial charge in [0, 0.05) is 18.3 Å². The van der Waals surface area contributed by atoms with Gasteiger partial charge in [-0.25, -0.2) is 14.6 Å². The van der Waals surface area contributed by atoms with E-state index in [0.29, 0.717) is 11.9 Å². The zero-order valence-electron chi connectivity index (χ0n) is 19.2. The molecule has 1 N–H and O–H groups in total. The van der Waals surface area contributed by atoms with Crippen molar-refractivity contribution >= 4 is 17.6 Å². The van der Waals surface area contributed by atoms with Gasteiger partial charge in [-0.1, -0.05) is 32.0 Å². The molecule has 180 valence electrons. The lowest BCUT2D eigenvalue weighted by molar-refractivity contribution is -0.141. The molecule has 0 fully saturated rings. The minimum atomic E-state index is -4.72. The van der Waals surface area contributed by atoms with Crippen LogP contribution >= 0.6 is 0 Å². The van der Waals surface area contributed by atoms with E-state index in [1.54, 1.807) is 17.8 Å². The van der Waals surface area contributed by atoms with Crippen molar-refractivity contribution in [1.29, 1.82) is 0 Å². The first-order valence-corrected chi connectivity index (χ1v) is 10.7. The molecule has 0 saturated carbocycles. The third-order valence-corrected chi connectivity index (χ3v) is 5.10. The number of hydrogen-bond donors (Lipinski definition) is 1. The highest BCUT2D eigenvalue weighted by molar-refractivity contribution is 6.01. The molecule has 8 nitrogen and oxygen atoms in total. The average molecular weight is 474 g/mol. The molecular weight excluding hydrogens is 449 g/mol. The zero-order chi connectivity index (χ0) is 25.0. The summed E-state index contributed by atoms with van der Waals surface area (Å²) in [5.41, 5.74) is 0.346. The fourth-order valence-electron chi connectivity index (χ4n) is 3.38. The Balaban J connectivity index is 1.89. The number of benzene rings is 1. The van der Waals surface area contributed by atoms with E-state index < -0.39 is 35.6 Å². The van der Waals surface area contributed by atoms with Crippen LogP contribution in [-0.2, 0) is 11.0 Å². The number of rotatable bonds is 7. The Morgan fingerprint density at radius 3 is 2.38 bits per heavy atom. The molecule has 3 aromatic rings. The minimum Gasteiger partial charge on any atom is -0.338 e. The quantitative estimate of drug-likeness (QED) is 0.559. The van der Waals surface area contributed by atoms with Gasteiger partial charge in [-0.05, 0) is 38.0 Å². The molecule has 0 aliphatic carbocycles. The van der Waals surface area contributed by atoms with Crippen LogP contribution in [-0.4, -0.2) is 44.1 Å². The van der Waals surface area contributed by atoms with Crippen LogP contribution in [0.2, 0.25) is 0 Å². The van der Waals surface area contributed by atoms with Crippen LogP contribution < -0.4 is 10.2 Å². The zero-order valence-corrected chi connectivity index (χ0v) is 19.2. The summed E-state index contributed by atoms with van der Waals surface area (Å²) in [7, 11) is 0. The molecule has 0 spiro atoms. The Kier molecular flexibility index (Phi) is 7.33. The molecule has 0 saturated heterocycles. The maximum Gasteiger partial charge on any atom is 0.433 e. The maximum atomic E-state index is 13.4. The van der Waals surface area contributed by atoms with Gasteiger partial charge >= 0.3 is 6.18 Å². The monoisotopic (exact) mass is 474 g/mol. The van der Waals surface area contributed by atoms with E-state index in [1.807, 2.05) is 44.2 Å². The number of para-hydroxylation sites is 1. The van der Waals surface area contributed by atoms with Crippen molar-refractivity contribution in [2.75, 3.05) is 11.4 Å². The summed E-state index contributed by atoms with van der Waals surface area (Å²) in [5.74, 6) is -1.50. The molecule has 11 heteroatoms. The third kappa shape index (κ3) is 5.24. The second kappa shape index (κ2) is 10.0. The summed E-state index contributed by atoms with van der Waals surface area (Å²) in [4.78, 5) is 34.3. The molecule has 0 aliphatic rings. The van der Waals surface area contributed by atoms with Crippen molar-refractivity contribution in [1.82, 2.24) is 25.1 Å². The molecule has 34 heavy (non-hydrogen) atoms. The van der Waals surface area contributed by atoms with Crippen LogP contribution in [0.25, 0.3) is 5.69 Å². The number of likely N-dealkylation sites (N-methyl/N-ethyl adjacent to an activating group) is 1. The SMILES string of the molecule is CCN(C(=O)C(C)NC(=O)c1nccc(C(F)(F)F)n1)c1c(C(C)C)cnn1-c1ccccc1. The number of amides is 2. The van der Waals surface area contributed by atoms with Crippen LogP contribution in [0, 0.1) is 0 Å². The van der Waals surface area contributed by atoms with Gasteiger partial charge in [0.1, 0.15) is 17.6 Å². The molecule has 1 atom stereocenters. The lowest BCUT2D eigenvalue weighted by atomic mass is 10.1. The molecule has 3 rings (SSSR count). The molecule has 0 bridgehead atoms. The first-order chi connectivity index (χ1) is 16.0. The fraction of sp³-hybridized carbons (Fsp3) is 0.348.